The Kier molecular flexibility index (Phi) is 5.17. The van der Waals surface area contributed by atoms with Gasteiger partial charge in [0.25, 0.3) is 0 Å². The Morgan fingerprint density at radius 2 is 2.11 bits per heavy atom. The summed E-state index contributed by atoms with van der Waals surface area (Å²) in [6.07, 6.45) is 0.354. The van der Waals surface area contributed by atoms with Gasteiger partial charge in [-0.05, 0) is 19.2 Å². The number of hydrogen-bond acceptors (Lipinski definition) is 3. The van der Waals surface area contributed by atoms with E-state index in [0.29, 0.717) is 6.10 Å². The maximum absolute atomic E-state index is 5.84. The van der Waals surface area contributed by atoms with E-state index in [0.717, 1.165) is 39.3 Å². The first-order valence-corrected chi connectivity index (χ1v) is 6.84. The monoisotopic (exact) mass is 248 g/mol. The van der Waals surface area contributed by atoms with Gasteiger partial charge in [-0.2, -0.15) is 0 Å². The van der Waals surface area contributed by atoms with Gasteiger partial charge in [0.05, 0.1) is 12.7 Å². The summed E-state index contributed by atoms with van der Waals surface area (Å²) in [6, 6.07) is 10.7. The molecule has 0 N–H and O–H groups in total. The van der Waals surface area contributed by atoms with Crippen LogP contribution < -0.4 is 0 Å². The summed E-state index contributed by atoms with van der Waals surface area (Å²) in [4.78, 5) is 4.81. The molecule has 1 fully saturated rings. The third kappa shape index (κ3) is 4.09. The van der Waals surface area contributed by atoms with Gasteiger partial charge < -0.3 is 9.64 Å². The highest BCUT2D eigenvalue weighted by Gasteiger charge is 2.21. The van der Waals surface area contributed by atoms with Crippen LogP contribution in [0.15, 0.2) is 30.3 Å². The van der Waals surface area contributed by atoms with E-state index >= 15 is 0 Å². The first kappa shape index (κ1) is 13.5. The summed E-state index contributed by atoms with van der Waals surface area (Å²) in [7, 11) is 2.15. The van der Waals surface area contributed by atoms with E-state index in [2.05, 4.69) is 54.1 Å². The van der Waals surface area contributed by atoms with Gasteiger partial charge in [0.2, 0.25) is 0 Å². The third-order valence-electron chi connectivity index (χ3n) is 3.53. The van der Waals surface area contributed by atoms with Gasteiger partial charge >= 0.3 is 0 Å². The quantitative estimate of drug-likeness (QED) is 0.791. The fourth-order valence-corrected chi connectivity index (χ4v) is 2.35. The van der Waals surface area contributed by atoms with Gasteiger partial charge in [0.1, 0.15) is 0 Å². The molecule has 1 aliphatic rings. The summed E-state index contributed by atoms with van der Waals surface area (Å²) >= 11 is 0. The summed E-state index contributed by atoms with van der Waals surface area (Å²) in [5, 5.41) is 0. The predicted molar refractivity (Wildman–Crippen MR) is 74.6 cm³/mol. The van der Waals surface area contributed by atoms with Crippen molar-refractivity contribution in [1.82, 2.24) is 9.80 Å². The second-order valence-corrected chi connectivity index (χ2v) is 5.07. The smallest absolute Gasteiger partial charge is 0.0829 e. The fourth-order valence-electron chi connectivity index (χ4n) is 2.35. The van der Waals surface area contributed by atoms with Crippen molar-refractivity contribution in [3.8, 4) is 0 Å². The molecule has 0 aliphatic carbocycles. The SMILES string of the molecule is CCN(C)CC1CN(Cc2ccccc2)CCO1. The van der Waals surface area contributed by atoms with Crippen molar-refractivity contribution in [3.05, 3.63) is 35.9 Å². The van der Waals surface area contributed by atoms with Crippen molar-refractivity contribution in [2.75, 3.05) is 39.8 Å². The molecule has 1 heterocycles. The molecule has 0 spiro atoms. The molecule has 1 aromatic rings. The normalized spacial score (nSPS) is 21.4. The number of benzene rings is 1. The van der Waals surface area contributed by atoms with Crippen LogP contribution in [0.25, 0.3) is 0 Å². The Bertz CT molecular complexity index is 342. The highest BCUT2D eigenvalue weighted by Crippen LogP contribution is 2.11. The van der Waals surface area contributed by atoms with Crippen molar-refractivity contribution < 1.29 is 4.74 Å². The lowest BCUT2D eigenvalue weighted by Gasteiger charge is -2.34. The average molecular weight is 248 g/mol. The van der Waals surface area contributed by atoms with E-state index in [-0.39, 0.29) is 0 Å². The first-order valence-electron chi connectivity index (χ1n) is 6.84. The zero-order chi connectivity index (χ0) is 12.8. The van der Waals surface area contributed by atoms with E-state index in [1.165, 1.54) is 5.56 Å². The first-order chi connectivity index (χ1) is 8.78. The Morgan fingerprint density at radius 3 is 2.83 bits per heavy atom. The van der Waals surface area contributed by atoms with Crippen LogP contribution in [0, 0.1) is 0 Å². The molecule has 0 radical (unpaired) electrons. The molecule has 0 bridgehead atoms. The minimum Gasteiger partial charge on any atom is -0.374 e. The van der Waals surface area contributed by atoms with Crippen molar-refractivity contribution in [1.29, 1.82) is 0 Å². The molecular formula is C15H24N2O. The van der Waals surface area contributed by atoms with Crippen LogP contribution in [0.5, 0.6) is 0 Å². The molecule has 0 saturated carbocycles. The minimum atomic E-state index is 0.354. The van der Waals surface area contributed by atoms with E-state index in [1.807, 2.05) is 0 Å². The molecule has 1 aromatic carbocycles. The van der Waals surface area contributed by atoms with E-state index < -0.39 is 0 Å². The summed E-state index contributed by atoms with van der Waals surface area (Å²) in [6.45, 7) is 8.27. The van der Waals surface area contributed by atoms with Crippen LogP contribution >= 0.6 is 0 Å². The predicted octanol–water partition coefficient (Wildman–Crippen LogP) is 1.84. The summed E-state index contributed by atoms with van der Waals surface area (Å²) in [5.74, 6) is 0. The van der Waals surface area contributed by atoms with E-state index in [1.54, 1.807) is 0 Å². The standard InChI is InChI=1S/C15H24N2O/c1-3-16(2)12-15-13-17(9-10-18-15)11-14-7-5-4-6-8-14/h4-8,15H,3,9-13H2,1-2H3. The molecular weight excluding hydrogens is 224 g/mol. The number of nitrogens with zero attached hydrogens (tertiary/aromatic N) is 2. The minimum absolute atomic E-state index is 0.354. The Balaban J connectivity index is 1.83. The van der Waals surface area contributed by atoms with Crippen molar-refractivity contribution >= 4 is 0 Å². The molecule has 0 amide bonds. The average Bonchev–Trinajstić information content (AvgIpc) is 2.40. The molecule has 3 heteroatoms. The number of rotatable bonds is 5. The second-order valence-electron chi connectivity index (χ2n) is 5.07. The molecule has 2 rings (SSSR count). The Hall–Kier alpha value is -0.900. The van der Waals surface area contributed by atoms with E-state index in [4.69, 9.17) is 4.74 Å². The van der Waals surface area contributed by atoms with Gasteiger partial charge in [-0.25, -0.2) is 0 Å². The molecule has 1 unspecified atom stereocenters. The van der Waals surface area contributed by atoms with Crippen LogP contribution in [-0.2, 0) is 11.3 Å². The van der Waals surface area contributed by atoms with Gasteiger partial charge in [0, 0.05) is 26.2 Å². The fraction of sp³-hybridized carbons (Fsp3) is 0.600. The summed E-state index contributed by atoms with van der Waals surface area (Å²) in [5.41, 5.74) is 1.39. The van der Waals surface area contributed by atoms with Crippen LogP contribution in [0.4, 0.5) is 0 Å². The van der Waals surface area contributed by atoms with Crippen molar-refractivity contribution in [2.45, 2.75) is 19.6 Å². The lowest BCUT2D eigenvalue weighted by Crippen LogP contribution is -2.46. The molecule has 1 atom stereocenters. The highest BCUT2D eigenvalue weighted by molar-refractivity contribution is 5.14. The molecule has 1 saturated heterocycles. The van der Waals surface area contributed by atoms with Crippen molar-refractivity contribution in [2.24, 2.45) is 0 Å². The van der Waals surface area contributed by atoms with Gasteiger partial charge in [0.15, 0.2) is 0 Å². The van der Waals surface area contributed by atoms with Crippen LogP contribution in [0.1, 0.15) is 12.5 Å². The molecule has 0 aromatic heterocycles. The Morgan fingerprint density at radius 1 is 1.33 bits per heavy atom. The summed E-state index contributed by atoms with van der Waals surface area (Å²) < 4.78 is 5.84. The zero-order valence-corrected chi connectivity index (χ0v) is 11.5. The van der Waals surface area contributed by atoms with E-state index in [9.17, 15) is 0 Å². The largest absolute Gasteiger partial charge is 0.374 e. The Labute approximate surface area is 110 Å². The van der Waals surface area contributed by atoms with Crippen LogP contribution in [0.3, 0.4) is 0 Å². The highest BCUT2D eigenvalue weighted by atomic mass is 16.5. The molecule has 18 heavy (non-hydrogen) atoms. The number of likely N-dealkylation sites (N-methyl/N-ethyl adjacent to an activating group) is 1. The topological polar surface area (TPSA) is 15.7 Å². The number of morpholine rings is 1. The zero-order valence-electron chi connectivity index (χ0n) is 11.5. The lowest BCUT2D eigenvalue weighted by atomic mass is 10.2. The van der Waals surface area contributed by atoms with Gasteiger partial charge in [-0.15, -0.1) is 0 Å². The number of hydrogen-bond donors (Lipinski definition) is 0. The number of ether oxygens (including phenoxy) is 1. The van der Waals surface area contributed by atoms with Crippen LogP contribution in [0.2, 0.25) is 0 Å². The van der Waals surface area contributed by atoms with Gasteiger partial charge in [-0.3, -0.25) is 4.90 Å². The second kappa shape index (κ2) is 6.88. The molecule has 1 aliphatic heterocycles. The maximum Gasteiger partial charge on any atom is 0.0829 e. The van der Waals surface area contributed by atoms with Crippen molar-refractivity contribution in [3.63, 3.8) is 0 Å². The third-order valence-corrected chi connectivity index (χ3v) is 3.53. The van der Waals surface area contributed by atoms with Crippen LogP contribution in [-0.4, -0.2) is 55.7 Å². The molecule has 3 nitrogen and oxygen atoms in total. The lowest BCUT2D eigenvalue weighted by molar-refractivity contribution is -0.0426. The van der Waals surface area contributed by atoms with Gasteiger partial charge in [-0.1, -0.05) is 37.3 Å². The maximum atomic E-state index is 5.84. The molecule has 100 valence electrons.